The molecule has 1 aliphatic heterocycles. The van der Waals surface area contributed by atoms with Crippen molar-refractivity contribution in [3.63, 3.8) is 0 Å². The summed E-state index contributed by atoms with van der Waals surface area (Å²) < 4.78 is 21.0. The zero-order chi connectivity index (χ0) is 24.8. The van der Waals surface area contributed by atoms with Gasteiger partial charge >= 0.3 is 11.9 Å². The molecule has 182 valence electrons. The molecule has 0 unspecified atom stereocenters. The van der Waals surface area contributed by atoms with E-state index >= 15 is 0 Å². The number of phenolic OH excluding ortho intramolecular Hbond substituents is 1. The van der Waals surface area contributed by atoms with E-state index in [0.29, 0.717) is 5.56 Å². The molecule has 0 saturated carbocycles. The number of hydrogen-bond acceptors (Lipinski definition) is 10. The van der Waals surface area contributed by atoms with E-state index in [0.717, 1.165) is 6.08 Å². The van der Waals surface area contributed by atoms with Crippen LogP contribution in [0.3, 0.4) is 0 Å². The number of aromatic carboxylic acids is 1. The summed E-state index contributed by atoms with van der Waals surface area (Å²) in [4.78, 5) is 23.5. The molecule has 1 heterocycles. The van der Waals surface area contributed by atoms with Crippen molar-refractivity contribution in [3.05, 3.63) is 59.7 Å². The molecule has 0 bridgehead atoms. The van der Waals surface area contributed by atoms with Crippen LogP contribution in [0.5, 0.6) is 17.2 Å². The van der Waals surface area contributed by atoms with Gasteiger partial charge in [-0.2, -0.15) is 0 Å². The van der Waals surface area contributed by atoms with Crippen LogP contribution in [0, 0.1) is 0 Å². The fourth-order valence-corrected chi connectivity index (χ4v) is 3.20. The molecular weight excluding hydrogens is 452 g/mol. The lowest BCUT2D eigenvalue weighted by atomic mass is 9.99. The van der Waals surface area contributed by atoms with Gasteiger partial charge in [-0.1, -0.05) is 18.2 Å². The molecular formula is C23H24O11. The molecule has 0 spiro atoms. The number of rotatable bonds is 8. The first-order valence-electron chi connectivity index (χ1n) is 10.1. The van der Waals surface area contributed by atoms with Gasteiger partial charge in [-0.25, -0.2) is 9.59 Å². The van der Waals surface area contributed by atoms with Crippen LogP contribution < -0.4 is 9.47 Å². The number of hydrogen-bond donors (Lipinski definition) is 5. The van der Waals surface area contributed by atoms with E-state index in [1.165, 1.54) is 49.6 Å². The molecule has 2 aromatic rings. The number of ether oxygens (including phenoxy) is 4. The summed E-state index contributed by atoms with van der Waals surface area (Å²) in [5.74, 6) is -2.03. The number of esters is 1. The Morgan fingerprint density at radius 1 is 1.03 bits per heavy atom. The molecule has 5 atom stereocenters. The maximum absolute atomic E-state index is 12.1. The van der Waals surface area contributed by atoms with Crippen molar-refractivity contribution in [2.45, 2.75) is 30.7 Å². The number of carbonyl (C=O) groups is 2. The smallest absolute Gasteiger partial charge is 0.339 e. The van der Waals surface area contributed by atoms with Crippen molar-refractivity contribution in [3.8, 4) is 17.2 Å². The predicted octanol–water partition coefficient (Wildman–Crippen LogP) is 0.542. The lowest BCUT2D eigenvalue weighted by molar-refractivity contribution is -0.278. The molecule has 1 fully saturated rings. The highest BCUT2D eigenvalue weighted by atomic mass is 16.7. The number of phenols is 1. The second-order valence-electron chi connectivity index (χ2n) is 7.33. The molecule has 11 nitrogen and oxygen atoms in total. The molecule has 0 aromatic heterocycles. The van der Waals surface area contributed by atoms with Gasteiger partial charge in [-0.15, -0.1) is 0 Å². The molecule has 2 aromatic carbocycles. The van der Waals surface area contributed by atoms with Crippen LogP contribution >= 0.6 is 0 Å². The highest BCUT2D eigenvalue weighted by Gasteiger charge is 2.45. The quantitative estimate of drug-likeness (QED) is 0.266. The van der Waals surface area contributed by atoms with E-state index in [1.54, 1.807) is 6.07 Å². The van der Waals surface area contributed by atoms with Crippen LogP contribution in [0.25, 0.3) is 6.08 Å². The van der Waals surface area contributed by atoms with Crippen molar-refractivity contribution < 1.29 is 54.1 Å². The Labute approximate surface area is 194 Å². The van der Waals surface area contributed by atoms with Crippen LogP contribution in [0.1, 0.15) is 15.9 Å². The normalized spacial score (nSPS) is 24.5. The first-order valence-corrected chi connectivity index (χ1v) is 10.1. The minimum Gasteiger partial charge on any atom is -0.504 e. The molecule has 0 amide bonds. The molecule has 34 heavy (non-hydrogen) atoms. The average molecular weight is 476 g/mol. The molecule has 1 saturated heterocycles. The van der Waals surface area contributed by atoms with Crippen LogP contribution in [0.4, 0.5) is 0 Å². The zero-order valence-electron chi connectivity index (χ0n) is 18.0. The van der Waals surface area contributed by atoms with E-state index in [1.807, 2.05) is 0 Å². The molecule has 1 aliphatic rings. The fraction of sp³-hybridized carbons (Fsp3) is 0.304. The number of methoxy groups -OCH3 is 1. The third kappa shape index (κ3) is 5.83. The third-order valence-electron chi connectivity index (χ3n) is 5.03. The van der Waals surface area contributed by atoms with Crippen molar-refractivity contribution in [1.29, 1.82) is 0 Å². The summed E-state index contributed by atoms with van der Waals surface area (Å²) in [6, 6.07) is 10.1. The summed E-state index contributed by atoms with van der Waals surface area (Å²) in [5, 5.41) is 49.5. The molecule has 0 radical (unpaired) electrons. The van der Waals surface area contributed by atoms with Crippen molar-refractivity contribution in [2.24, 2.45) is 0 Å². The van der Waals surface area contributed by atoms with Crippen LogP contribution in [0.15, 0.2) is 48.5 Å². The summed E-state index contributed by atoms with van der Waals surface area (Å²) in [6.07, 6.45) is -5.32. The van der Waals surface area contributed by atoms with E-state index in [9.17, 15) is 35.1 Å². The number of aliphatic hydroxyl groups is 3. The lowest BCUT2D eigenvalue weighted by Gasteiger charge is -2.40. The third-order valence-corrected chi connectivity index (χ3v) is 5.03. The number of benzene rings is 2. The Bertz CT molecular complexity index is 1050. The largest absolute Gasteiger partial charge is 0.504 e. The van der Waals surface area contributed by atoms with Gasteiger partial charge in [-0.05, 0) is 35.9 Å². The molecule has 0 aliphatic carbocycles. The molecule has 3 rings (SSSR count). The molecule has 5 N–H and O–H groups in total. The maximum Gasteiger partial charge on any atom is 0.339 e. The lowest BCUT2D eigenvalue weighted by Crippen LogP contribution is -2.60. The average Bonchev–Trinajstić information content (AvgIpc) is 2.83. The van der Waals surface area contributed by atoms with Crippen molar-refractivity contribution >= 4 is 18.0 Å². The summed E-state index contributed by atoms with van der Waals surface area (Å²) >= 11 is 0. The first-order chi connectivity index (χ1) is 16.2. The Morgan fingerprint density at radius 3 is 2.47 bits per heavy atom. The summed E-state index contributed by atoms with van der Waals surface area (Å²) in [6.45, 7) is -0.493. The molecule has 11 heteroatoms. The summed E-state index contributed by atoms with van der Waals surface area (Å²) in [5.41, 5.74) is 0.350. The van der Waals surface area contributed by atoms with Gasteiger partial charge in [0.05, 0.1) is 7.11 Å². The van der Waals surface area contributed by atoms with Crippen LogP contribution in [-0.4, -0.2) is 81.9 Å². The van der Waals surface area contributed by atoms with Crippen LogP contribution in [-0.2, 0) is 14.3 Å². The number of carboxylic acid groups (broad SMARTS) is 1. The highest BCUT2D eigenvalue weighted by Crippen LogP contribution is 2.28. The van der Waals surface area contributed by atoms with Crippen LogP contribution in [0.2, 0.25) is 0 Å². The number of aromatic hydroxyl groups is 1. The first kappa shape index (κ1) is 25.0. The minimum atomic E-state index is -1.71. The number of aliphatic hydroxyl groups excluding tert-OH is 3. The van der Waals surface area contributed by atoms with Gasteiger partial charge in [0.15, 0.2) is 11.5 Å². The van der Waals surface area contributed by atoms with E-state index in [2.05, 4.69) is 0 Å². The Hall–Kier alpha value is -3.64. The topological polar surface area (TPSA) is 172 Å². The van der Waals surface area contributed by atoms with Gasteiger partial charge in [0.1, 0.15) is 42.3 Å². The second-order valence-corrected chi connectivity index (χ2v) is 7.33. The minimum absolute atomic E-state index is 0.0610. The van der Waals surface area contributed by atoms with Gasteiger partial charge in [-0.3, -0.25) is 0 Å². The maximum atomic E-state index is 12.1. The monoisotopic (exact) mass is 476 g/mol. The standard InChI is InChI=1S/C23H24O11/c1-31-16-10-12(6-8-14(16)24)7-9-18(25)32-11-17-19(26)20(27)21(28)23(34-17)33-15-5-3-2-4-13(15)22(29)30/h2-10,17,19-21,23-24,26-28H,11H2,1H3,(H,29,30)/b9-7+/t17-,19-,20+,21-,23-/m1/s1. The Morgan fingerprint density at radius 2 is 1.76 bits per heavy atom. The van der Waals surface area contributed by atoms with Gasteiger partial charge in [0.25, 0.3) is 0 Å². The van der Waals surface area contributed by atoms with E-state index in [-0.39, 0.29) is 22.8 Å². The van der Waals surface area contributed by atoms with E-state index in [4.69, 9.17) is 18.9 Å². The number of carbonyl (C=O) groups excluding carboxylic acids is 1. The second kappa shape index (κ2) is 11.0. The van der Waals surface area contributed by atoms with Gasteiger partial charge < -0.3 is 44.5 Å². The number of carboxylic acids is 1. The number of para-hydroxylation sites is 1. The Balaban J connectivity index is 1.63. The fourth-order valence-electron chi connectivity index (χ4n) is 3.20. The SMILES string of the molecule is COc1cc(/C=C/C(=O)OC[C@H]2O[C@@H](Oc3ccccc3C(=O)O)[C@H](O)[C@@H](O)[C@@H]2O)ccc1O. The van der Waals surface area contributed by atoms with E-state index < -0.39 is 49.3 Å². The summed E-state index contributed by atoms with van der Waals surface area (Å²) in [7, 11) is 1.38. The predicted molar refractivity (Wildman–Crippen MR) is 115 cm³/mol. The van der Waals surface area contributed by atoms with Gasteiger partial charge in [0, 0.05) is 6.08 Å². The van der Waals surface area contributed by atoms with Gasteiger partial charge in [0.2, 0.25) is 6.29 Å². The Kier molecular flexibility index (Phi) is 8.08. The van der Waals surface area contributed by atoms with Crippen molar-refractivity contribution in [2.75, 3.05) is 13.7 Å². The highest BCUT2D eigenvalue weighted by molar-refractivity contribution is 5.90. The van der Waals surface area contributed by atoms with Crippen molar-refractivity contribution in [1.82, 2.24) is 0 Å². The zero-order valence-corrected chi connectivity index (χ0v) is 18.0.